The first-order valence-electron chi connectivity index (χ1n) is 9.70. The quantitative estimate of drug-likeness (QED) is 0.329. The van der Waals surface area contributed by atoms with E-state index in [4.69, 9.17) is 9.15 Å². The van der Waals surface area contributed by atoms with Crippen LogP contribution in [0.4, 0.5) is 10.8 Å². The monoisotopic (exact) mass is 449 g/mol. The van der Waals surface area contributed by atoms with Gasteiger partial charge in [0, 0.05) is 29.8 Å². The number of nitro benzene ring substituents is 1. The minimum atomic E-state index is -0.907. The van der Waals surface area contributed by atoms with Gasteiger partial charge in [-0.05, 0) is 24.6 Å². The molecule has 32 heavy (non-hydrogen) atoms. The second kappa shape index (κ2) is 7.57. The van der Waals surface area contributed by atoms with Crippen molar-refractivity contribution in [3.8, 4) is 5.75 Å². The van der Waals surface area contributed by atoms with Crippen LogP contribution in [0.5, 0.6) is 5.75 Å². The topological polar surface area (TPSA) is 116 Å². The fraction of sp³-hybridized carbons (Fsp3) is 0.136. The summed E-state index contributed by atoms with van der Waals surface area (Å²) >= 11 is 1.22. The Kier molecular flexibility index (Phi) is 4.71. The lowest BCUT2D eigenvalue weighted by atomic mass is 9.98. The number of hydrogen-bond acceptors (Lipinski definition) is 8. The van der Waals surface area contributed by atoms with Crippen LogP contribution < -0.4 is 15.1 Å². The van der Waals surface area contributed by atoms with Crippen LogP contribution in [0.25, 0.3) is 11.0 Å². The zero-order valence-corrected chi connectivity index (χ0v) is 17.5. The van der Waals surface area contributed by atoms with Crippen molar-refractivity contribution in [3.05, 3.63) is 91.3 Å². The predicted molar refractivity (Wildman–Crippen MR) is 118 cm³/mol. The first-order valence-corrected chi connectivity index (χ1v) is 10.6. The van der Waals surface area contributed by atoms with Crippen molar-refractivity contribution in [2.75, 3.05) is 11.5 Å². The fourth-order valence-corrected chi connectivity index (χ4v) is 4.53. The van der Waals surface area contributed by atoms with Crippen LogP contribution in [0.1, 0.15) is 34.6 Å². The molecule has 5 rings (SSSR count). The summed E-state index contributed by atoms with van der Waals surface area (Å²) in [5.41, 5.74) is 0.246. The van der Waals surface area contributed by atoms with Crippen LogP contribution in [0.2, 0.25) is 0 Å². The highest BCUT2D eigenvalue weighted by atomic mass is 32.1. The molecule has 0 saturated carbocycles. The molecule has 0 fully saturated rings. The Morgan fingerprint density at radius 2 is 2.09 bits per heavy atom. The smallest absolute Gasteiger partial charge is 0.297 e. The summed E-state index contributed by atoms with van der Waals surface area (Å²) in [6.07, 6.45) is 1.54. The maximum absolute atomic E-state index is 13.5. The van der Waals surface area contributed by atoms with E-state index in [9.17, 15) is 19.7 Å². The minimum absolute atomic E-state index is 0.108. The van der Waals surface area contributed by atoms with E-state index in [-0.39, 0.29) is 33.4 Å². The molecule has 1 aliphatic rings. The van der Waals surface area contributed by atoms with Gasteiger partial charge in [0.05, 0.1) is 28.5 Å². The highest BCUT2D eigenvalue weighted by Crippen LogP contribution is 2.42. The Hall–Kier alpha value is -4.05. The van der Waals surface area contributed by atoms with Gasteiger partial charge >= 0.3 is 0 Å². The first-order chi connectivity index (χ1) is 15.5. The van der Waals surface area contributed by atoms with Crippen molar-refractivity contribution in [2.24, 2.45) is 0 Å². The van der Waals surface area contributed by atoms with E-state index in [1.165, 1.54) is 34.4 Å². The zero-order valence-electron chi connectivity index (χ0n) is 16.7. The SMILES string of the molecule is CCOc1ccc2c(=O)c3c(oc2c1)C(=O)N(c1nccs1)C3c1cccc([N+](=O)[O-])c1. The molecule has 2 aromatic heterocycles. The minimum Gasteiger partial charge on any atom is -0.494 e. The summed E-state index contributed by atoms with van der Waals surface area (Å²) in [6, 6.07) is 9.79. The van der Waals surface area contributed by atoms with Crippen LogP contribution in [0, 0.1) is 10.1 Å². The predicted octanol–water partition coefficient (Wildman–Crippen LogP) is 4.31. The Morgan fingerprint density at radius 3 is 2.81 bits per heavy atom. The lowest BCUT2D eigenvalue weighted by Gasteiger charge is -2.22. The van der Waals surface area contributed by atoms with E-state index in [1.807, 2.05) is 6.92 Å². The highest BCUT2D eigenvalue weighted by molar-refractivity contribution is 7.13. The molecular formula is C22H15N3O6S. The lowest BCUT2D eigenvalue weighted by Crippen LogP contribution is -2.29. The zero-order chi connectivity index (χ0) is 22.4. The number of fused-ring (bicyclic) bond motifs is 2. The number of carbonyl (C=O) groups is 1. The number of rotatable bonds is 5. The van der Waals surface area contributed by atoms with E-state index in [0.29, 0.717) is 23.1 Å². The van der Waals surface area contributed by atoms with Gasteiger partial charge in [0.15, 0.2) is 10.6 Å². The third kappa shape index (κ3) is 3.04. The van der Waals surface area contributed by atoms with Crippen molar-refractivity contribution in [1.29, 1.82) is 0 Å². The molecule has 1 aliphatic heterocycles. The first kappa shape index (κ1) is 19.9. The largest absolute Gasteiger partial charge is 0.494 e. The molecule has 0 aliphatic carbocycles. The Morgan fingerprint density at radius 1 is 1.25 bits per heavy atom. The molecule has 1 atom stereocenters. The van der Waals surface area contributed by atoms with E-state index < -0.39 is 16.9 Å². The molecule has 0 radical (unpaired) electrons. The molecule has 0 N–H and O–H groups in total. The van der Waals surface area contributed by atoms with Crippen molar-refractivity contribution >= 4 is 39.0 Å². The van der Waals surface area contributed by atoms with Crippen molar-refractivity contribution < 1.29 is 18.9 Å². The summed E-state index contributed by atoms with van der Waals surface area (Å²) in [4.78, 5) is 43.3. The average molecular weight is 449 g/mol. The molecule has 3 heterocycles. The molecule has 1 amide bonds. The molecule has 10 heteroatoms. The van der Waals surface area contributed by atoms with Crippen LogP contribution in [0.3, 0.4) is 0 Å². The maximum atomic E-state index is 13.5. The normalized spacial score (nSPS) is 15.2. The number of nitrogens with zero attached hydrogens (tertiary/aromatic N) is 3. The number of benzene rings is 2. The van der Waals surface area contributed by atoms with Crippen LogP contribution in [-0.2, 0) is 0 Å². The molecule has 0 bridgehead atoms. The van der Waals surface area contributed by atoms with Crippen LogP contribution in [0.15, 0.2) is 63.3 Å². The second-order valence-corrected chi connectivity index (χ2v) is 7.88. The van der Waals surface area contributed by atoms with Crippen LogP contribution >= 0.6 is 11.3 Å². The Labute approximate surface area is 184 Å². The molecule has 160 valence electrons. The third-order valence-electron chi connectivity index (χ3n) is 5.18. The molecular weight excluding hydrogens is 434 g/mol. The van der Waals surface area contributed by atoms with Crippen molar-refractivity contribution in [1.82, 2.24) is 4.98 Å². The van der Waals surface area contributed by atoms with Gasteiger partial charge in [-0.25, -0.2) is 4.98 Å². The summed E-state index contributed by atoms with van der Waals surface area (Å²) < 4.78 is 11.4. The van der Waals surface area contributed by atoms with Gasteiger partial charge in [0.1, 0.15) is 11.3 Å². The number of carbonyl (C=O) groups excluding carboxylic acids is 1. The number of aromatic nitrogens is 1. The van der Waals surface area contributed by atoms with Gasteiger partial charge in [0.25, 0.3) is 11.6 Å². The number of thiazole rings is 1. The van der Waals surface area contributed by atoms with Crippen molar-refractivity contribution in [3.63, 3.8) is 0 Å². The summed E-state index contributed by atoms with van der Waals surface area (Å²) in [5, 5.41) is 13.7. The number of nitro groups is 1. The third-order valence-corrected chi connectivity index (χ3v) is 5.95. The van der Waals surface area contributed by atoms with E-state index in [1.54, 1.807) is 35.8 Å². The van der Waals surface area contributed by atoms with E-state index in [0.717, 1.165) is 0 Å². The van der Waals surface area contributed by atoms with E-state index >= 15 is 0 Å². The molecule has 0 spiro atoms. The standard InChI is InChI=1S/C22H15N3O6S/c1-2-30-14-6-7-15-16(11-14)31-20-17(19(15)26)18(12-4-3-5-13(10-12)25(28)29)24(21(20)27)22-23-8-9-32-22/h3-11,18H,2H2,1H3. The molecule has 9 nitrogen and oxygen atoms in total. The molecule has 2 aromatic carbocycles. The number of hydrogen-bond donors (Lipinski definition) is 0. The number of ether oxygens (including phenoxy) is 1. The second-order valence-electron chi connectivity index (χ2n) is 7.01. The van der Waals surface area contributed by atoms with Crippen molar-refractivity contribution in [2.45, 2.75) is 13.0 Å². The number of amides is 1. The summed E-state index contributed by atoms with van der Waals surface area (Å²) in [5.74, 6) is -0.129. The molecule has 1 unspecified atom stereocenters. The number of anilines is 1. The van der Waals surface area contributed by atoms with Gasteiger partial charge in [-0.15, -0.1) is 11.3 Å². The Bertz CT molecular complexity index is 1430. The lowest BCUT2D eigenvalue weighted by molar-refractivity contribution is -0.384. The number of non-ortho nitro benzene ring substituents is 1. The highest BCUT2D eigenvalue weighted by Gasteiger charge is 2.45. The Balaban J connectivity index is 1.78. The summed E-state index contributed by atoms with van der Waals surface area (Å²) in [7, 11) is 0. The van der Waals surface area contributed by atoms with Crippen LogP contribution in [-0.4, -0.2) is 22.4 Å². The molecule has 4 aromatic rings. The van der Waals surface area contributed by atoms with E-state index in [2.05, 4.69) is 4.98 Å². The summed E-state index contributed by atoms with van der Waals surface area (Å²) in [6.45, 7) is 2.27. The van der Waals surface area contributed by atoms with Gasteiger partial charge in [-0.2, -0.15) is 0 Å². The fourth-order valence-electron chi connectivity index (χ4n) is 3.86. The van der Waals surface area contributed by atoms with Gasteiger partial charge < -0.3 is 9.15 Å². The molecule has 0 saturated heterocycles. The van der Waals surface area contributed by atoms with Gasteiger partial charge in [-0.3, -0.25) is 24.6 Å². The van der Waals surface area contributed by atoms with Gasteiger partial charge in [0.2, 0.25) is 5.76 Å². The maximum Gasteiger partial charge on any atom is 0.297 e. The average Bonchev–Trinajstić information content (AvgIpc) is 3.41. The van der Waals surface area contributed by atoms with Gasteiger partial charge in [-0.1, -0.05) is 12.1 Å².